The fourth-order valence-corrected chi connectivity index (χ4v) is 1.99. The van der Waals surface area contributed by atoms with Crippen LogP contribution in [0.3, 0.4) is 0 Å². The fourth-order valence-electron chi connectivity index (χ4n) is 1.99. The van der Waals surface area contributed by atoms with Crippen LogP contribution in [0.1, 0.15) is 30.9 Å². The second-order valence-electron chi connectivity index (χ2n) is 5.40. The van der Waals surface area contributed by atoms with E-state index in [0.29, 0.717) is 12.8 Å². The molecule has 2 rings (SSSR count). The quantitative estimate of drug-likeness (QED) is 0.208. The number of rotatable bonds is 5. The van der Waals surface area contributed by atoms with Gasteiger partial charge in [-0.2, -0.15) is 13.2 Å². The number of aliphatic imine (C=N–C) groups is 1. The monoisotopic (exact) mass is 381 g/mol. The van der Waals surface area contributed by atoms with E-state index in [0.717, 1.165) is 6.21 Å². The lowest BCUT2D eigenvalue weighted by Gasteiger charge is -2.14. The topological polar surface area (TPSA) is 58.9 Å². The van der Waals surface area contributed by atoms with Crippen molar-refractivity contribution in [2.45, 2.75) is 32.0 Å². The summed E-state index contributed by atoms with van der Waals surface area (Å²) in [5.74, 6) is -9.28. The van der Waals surface area contributed by atoms with Gasteiger partial charge in [0.2, 0.25) is 0 Å². The number of carbonyl (C=O) groups excluding carboxylic acids is 1. The number of carbonyl (C=O) groups is 1. The summed E-state index contributed by atoms with van der Waals surface area (Å²) in [6.07, 6.45) is -3.34. The number of ether oxygens (including phenoxy) is 1. The predicted octanol–water partition coefficient (Wildman–Crippen LogP) is 4.19. The molecule has 0 aliphatic heterocycles. The first-order chi connectivity index (χ1) is 12.1. The van der Waals surface area contributed by atoms with Crippen molar-refractivity contribution >= 4 is 17.9 Å². The van der Waals surface area contributed by atoms with Crippen molar-refractivity contribution in [3.63, 3.8) is 0 Å². The minimum atomic E-state index is -5.56. The van der Waals surface area contributed by atoms with E-state index >= 15 is 0 Å². The third-order valence-corrected chi connectivity index (χ3v) is 3.41. The summed E-state index contributed by atoms with van der Waals surface area (Å²) in [6, 6.07) is -0.118. The van der Waals surface area contributed by atoms with E-state index in [1.807, 2.05) is 0 Å². The molecule has 0 spiro atoms. The Kier molecular flexibility index (Phi) is 5.62. The summed E-state index contributed by atoms with van der Waals surface area (Å²) in [4.78, 5) is 15.8. The van der Waals surface area contributed by atoms with Crippen molar-refractivity contribution in [3.05, 3.63) is 40.2 Å². The summed E-state index contributed by atoms with van der Waals surface area (Å²) in [7, 11) is 0. The lowest BCUT2D eigenvalue weighted by molar-refractivity contribution is -0.142. The van der Waals surface area contributed by atoms with Crippen LogP contribution in [0, 0.1) is 17.5 Å². The third-order valence-electron chi connectivity index (χ3n) is 3.41. The van der Waals surface area contributed by atoms with Crippen LogP contribution in [-0.4, -0.2) is 29.9 Å². The molecule has 1 aromatic carbocycles. The van der Waals surface area contributed by atoms with E-state index in [1.54, 1.807) is 0 Å². The molecule has 0 atom stereocenters. The Morgan fingerprint density at radius 1 is 1.31 bits per heavy atom. The van der Waals surface area contributed by atoms with Crippen molar-refractivity contribution in [1.29, 1.82) is 0 Å². The largest absolute Gasteiger partial charge is 0.506 e. The summed E-state index contributed by atoms with van der Waals surface area (Å²) < 4.78 is 84.1. The van der Waals surface area contributed by atoms with E-state index in [2.05, 4.69) is 9.73 Å². The van der Waals surface area contributed by atoms with Crippen LogP contribution < -0.4 is 0 Å². The van der Waals surface area contributed by atoms with Crippen LogP contribution in [0.4, 0.5) is 26.3 Å². The summed E-state index contributed by atoms with van der Waals surface area (Å²) in [5.41, 5.74) is -4.61. The van der Waals surface area contributed by atoms with Crippen molar-refractivity contribution in [3.8, 4) is 0 Å². The molecule has 1 fully saturated rings. The van der Waals surface area contributed by atoms with Crippen molar-refractivity contribution in [2.24, 2.45) is 4.99 Å². The highest BCUT2D eigenvalue weighted by Crippen LogP contribution is 2.37. The van der Waals surface area contributed by atoms with Gasteiger partial charge in [0.25, 0.3) is 0 Å². The molecule has 1 aromatic rings. The molecule has 0 unspecified atom stereocenters. The highest BCUT2D eigenvalue weighted by Gasteiger charge is 2.41. The molecular weight excluding hydrogens is 368 g/mol. The van der Waals surface area contributed by atoms with E-state index in [1.165, 1.54) is 6.92 Å². The Hall–Kier alpha value is -2.52. The van der Waals surface area contributed by atoms with Gasteiger partial charge in [0.05, 0.1) is 18.2 Å². The van der Waals surface area contributed by atoms with Crippen LogP contribution in [0.15, 0.2) is 16.6 Å². The molecule has 1 aliphatic carbocycles. The van der Waals surface area contributed by atoms with Gasteiger partial charge >= 0.3 is 12.1 Å². The Balaban J connectivity index is 2.66. The molecule has 1 N–H and O–H groups in total. The molecule has 0 bridgehead atoms. The van der Waals surface area contributed by atoms with Gasteiger partial charge in [-0.25, -0.2) is 18.0 Å². The van der Waals surface area contributed by atoms with Gasteiger partial charge in [-0.1, -0.05) is 0 Å². The molecule has 0 saturated heterocycles. The lowest BCUT2D eigenvalue weighted by atomic mass is 10.0. The molecule has 0 aromatic heterocycles. The summed E-state index contributed by atoms with van der Waals surface area (Å²) in [5, 5.41) is 10.1. The Labute approximate surface area is 143 Å². The van der Waals surface area contributed by atoms with Gasteiger partial charge in [0.15, 0.2) is 11.6 Å². The zero-order valence-electron chi connectivity index (χ0n) is 13.3. The summed E-state index contributed by atoms with van der Waals surface area (Å²) >= 11 is 0. The molecule has 26 heavy (non-hydrogen) atoms. The zero-order valence-corrected chi connectivity index (χ0v) is 13.3. The molecule has 142 valence electrons. The highest BCUT2D eigenvalue weighted by molar-refractivity contribution is 6.15. The smallest absolute Gasteiger partial charge is 0.422 e. The van der Waals surface area contributed by atoms with Crippen molar-refractivity contribution < 1.29 is 41.0 Å². The minimum absolute atomic E-state index is 0.0272. The van der Waals surface area contributed by atoms with E-state index in [4.69, 9.17) is 0 Å². The van der Waals surface area contributed by atoms with Gasteiger partial charge in [-0.3, -0.25) is 4.99 Å². The number of benzene rings is 1. The fraction of sp³-hybridized carbons (Fsp3) is 0.375. The zero-order chi connectivity index (χ0) is 19.6. The molecule has 0 amide bonds. The number of alkyl halides is 3. The first-order valence-electron chi connectivity index (χ1n) is 7.46. The SMILES string of the molecule is CCOC(=O)C(C=NC1CC1)=C(O)c1cc(F)c(F)c(C(F)(F)F)c1F. The minimum Gasteiger partial charge on any atom is -0.506 e. The van der Waals surface area contributed by atoms with Gasteiger partial charge in [0.1, 0.15) is 22.7 Å². The van der Waals surface area contributed by atoms with E-state index in [9.17, 15) is 36.2 Å². The number of esters is 1. The van der Waals surface area contributed by atoms with Gasteiger partial charge < -0.3 is 9.84 Å². The van der Waals surface area contributed by atoms with Crippen molar-refractivity contribution in [2.75, 3.05) is 6.61 Å². The van der Waals surface area contributed by atoms with Crippen LogP contribution in [0.5, 0.6) is 0 Å². The first kappa shape index (κ1) is 19.8. The molecule has 10 heteroatoms. The lowest BCUT2D eigenvalue weighted by Crippen LogP contribution is -2.17. The Morgan fingerprint density at radius 3 is 2.42 bits per heavy atom. The number of halogens is 6. The maximum atomic E-state index is 14.2. The van der Waals surface area contributed by atoms with Gasteiger partial charge in [-0.15, -0.1) is 0 Å². The molecule has 0 radical (unpaired) electrons. The second kappa shape index (κ2) is 7.38. The number of aliphatic hydroxyl groups is 1. The highest BCUT2D eigenvalue weighted by atomic mass is 19.4. The molecule has 1 saturated carbocycles. The molecule has 0 heterocycles. The maximum absolute atomic E-state index is 14.2. The van der Waals surface area contributed by atoms with Crippen LogP contribution >= 0.6 is 0 Å². The van der Waals surface area contributed by atoms with E-state index in [-0.39, 0.29) is 18.7 Å². The molecular formula is C16H13F6NO3. The normalized spacial score (nSPS) is 16.0. The Morgan fingerprint density at radius 2 is 1.92 bits per heavy atom. The first-order valence-corrected chi connectivity index (χ1v) is 7.46. The van der Waals surface area contributed by atoms with Gasteiger partial charge in [-0.05, 0) is 25.8 Å². The van der Waals surface area contributed by atoms with E-state index < -0.39 is 52.1 Å². The standard InChI is InChI=1S/C16H13F6NO3/c1-2-26-15(25)9(6-23-7-3-4-7)14(24)8-5-10(17)13(19)11(12(8)18)16(20,21)22/h5-7,24H,2-4H2,1H3. The van der Waals surface area contributed by atoms with Crippen LogP contribution in [-0.2, 0) is 15.7 Å². The number of hydrogen-bond acceptors (Lipinski definition) is 4. The van der Waals surface area contributed by atoms with Gasteiger partial charge in [0, 0.05) is 6.21 Å². The second-order valence-corrected chi connectivity index (χ2v) is 5.40. The van der Waals surface area contributed by atoms with Crippen molar-refractivity contribution in [1.82, 2.24) is 0 Å². The number of aliphatic hydroxyl groups excluding tert-OH is 1. The Bertz CT molecular complexity index is 781. The number of nitrogens with zero attached hydrogens (tertiary/aromatic N) is 1. The molecule has 1 aliphatic rings. The van der Waals surface area contributed by atoms with Crippen LogP contribution in [0.2, 0.25) is 0 Å². The number of hydrogen-bond donors (Lipinski definition) is 1. The predicted molar refractivity (Wildman–Crippen MR) is 79.0 cm³/mol. The average molecular weight is 381 g/mol. The van der Waals surface area contributed by atoms with Crippen LogP contribution in [0.25, 0.3) is 5.76 Å². The third kappa shape index (κ3) is 4.17. The summed E-state index contributed by atoms with van der Waals surface area (Å²) in [6.45, 7) is 1.27. The average Bonchev–Trinajstić information content (AvgIpc) is 3.34. The maximum Gasteiger partial charge on any atom is 0.422 e. The molecule has 4 nitrogen and oxygen atoms in total.